The predicted molar refractivity (Wildman–Crippen MR) is 108 cm³/mol. The Kier molecular flexibility index (Phi) is 4.90. The summed E-state index contributed by atoms with van der Waals surface area (Å²) < 4.78 is 5.86. The molecule has 5 nitrogen and oxygen atoms in total. The lowest BCUT2D eigenvalue weighted by molar-refractivity contribution is -0.136. The minimum absolute atomic E-state index is 0.0580. The summed E-state index contributed by atoms with van der Waals surface area (Å²) in [5, 5.41) is 3.83. The Morgan fingerprint density at radius 1 is 1.07 bits per heavy atom. The highest BCUT2D eigenvalue weighted by molar-refractivity contribution is 5.91. The quantitative estimate of drug-likeness (QED) is 0.740. The molecule has 0 radical (unpaired) electrons. The van der Waals surface area contributed by atoms with Crippen LogP contribution < -0.4 is 5.32 Å². The van der Waals surface area contributed by atoms with Gasteiger partial charge >= 0.3 is 0 Å². The maximum Gasteiger partial charge on any atom is 0.245 e. The molecule has 0 bridgehead atoms. The van der Waals surface area contributed by atoms with Crippen molar-refractivity contribution in [3.8, 4) is 0 Å². The lowest BCUT2D eigenvalue weighted by atomic mass is 10.1. The second-order valence-corrected chi connectivity index (χ2v) is 7.28. The predicted octanol–water partition coefficient (Wildman–Crippen LogP) is 3.58. The van der Waals surface area contributed by atoms with Crippen LogP contribution in [0.4, 0.5) is 0 Å². The third-order valence-corrected chi connectivity index (χ3v) is 5.34. The van der Waals surface area contributed by atoms with Crippen LogP contribution in [0, 0.1) is 0 Å². The maximum atomic E-state index is 12.8. The molecule has 1 aliphatic rings. The Morgan fingerprint density at radius 3 is 2.39 bits per heavy atom. The van der Waals surface area contributed by atoms with Crippen LogP contribution in [0.3, 0.4) is 0 Å². The number of hydrogen-bond donors (Lipinski definition) is 1. The normalized spacial score (nSPS) is 14.1. The summed E-state index contributed by atoms with van der Waals surface area (Å²) in [4.78, 5) is 27.2. The van der Waals surface area contributed by atoms with Crippen molar-refractivity contribution < 1.29 is 14.0 Å². The van der Waals surface area contributed by atoms with Crippen LogP contribution in [-0.2, 0) is 35.5 Å². The van der Waals surface area contributed by atoms with Gasteiger partial charge in [0.2, 0.25) is 11.8 Å². The summed E-state index contributed by atoms with van der Waals surface area (Å²) >= 11 is 0. The van der Waals surface area contributed by atoms with Crippen molar-refractivity contribution in [2.24, 2.45) is 0 Å². The van der Waals surface area contributed by atoms with Gasteiger partial charge in [0, 0.05) is 30.5 Å². The number of carbonyl (C=O) groups is 2. The van der Waals surface area contributed by atoms with Crippen molar-refractivity contribution in [1.29, 1.82) is 0 Å². The van der Waals surface area contributed by atoms with Crippen molar-refractivity contribution in [3.05, 3.63) is 71.0 Å². The van der Waals surface area contributed by atoms with Crippen LogP contribution in [0.15, 0.2) is 52.9 Å². The first-order valence-corrected chi connectivity index (χ1v) is 9.71. The van der Waals surface area contributed by atoms with E-state index in [2.05, 4.69) is 5.32 Å². The number of nitrogens with zero attached hydrogens (tertiary/aromatic N) is 1. The smallest absolute Gasteiger partial charge is 0.245 e. The first kappa shape index (κ1) is 18.3. The summed E-state index contributed by atoms with van der Waals surface area (Å²) in [7, 11) is 0. The monoisotopic (exact) mass is 376 g/mol. The van der Waals surface area contributed by atoms with Gasteiger partial charge in [-0.3, -0.25) is 9.59 Å². The molecule has 2 aromatic carbocycles. The summed E-state index contributed by atoms with van der Waals surface area (Å²) in [6.07, 6.45) is 0.926. The number of para-hydroxylation sites is 1. The van der Waals surface area contributed by atoms with Gasteiger partial charge in [-0.15, -0.1) is 0 Å². The molecule has 0 aliphatic carbocycles. The van der Waals surface area contributed by atoms with Gasteiger partial charge in [-0.2, -0.15) is 0 Å². The van der Waals surface area contributed by atoms with E-state index < -0.39 is 6.04 Å². The molecular weight excluding hydrogens is 352 g/mol. The summed E-state index contributed by atoms with van der Waals surface area (Å²) in [5.74, 6) is 0.599. The summed E-state index contributed by atoms with van der Waals surface area (Å²) in [6, 6.07) is 15.2. The first-order valence-electron chi connectivity index (χ1n) is 9.71. The molecule has 144 valence electrons. The Morgan fingerprint density at radius 2 is 1.71 bits per heavy atom. The minimum atomic E-state index is -0.565. The fraction of sp³-hybridized carbons (Fsp3) is 0.304. The van der Waals surface area contributed by atoms with Crippen molar-refractivity contribution >= 4 is 22.8 Å². The van der Waals surface area contributed by atoms with E-state index in [4.69, 9.17) is 4.42 Å². The third-order valence-electron chi connectivity index (χ3n) is 5.34. The third kappa shape index (κ3) is 3.40. The molecule has 28 heavy (non-hydrogen) atoms. The molecule has 4 rings (SSSR count). The molecule has 2 heterocycles. The fourth-order valence-corrected chi connectivity index (χ4v) is 3.91. The summed E-state index contributed by atoms with van der Waals surface area (Å²) in [6.45, 7) is 4.96. The number of aryl methyl sites for hydroxylation is 1. The van der Waals surface area contributed by atoms with Crippen molar-refractivity contribution in [2.45, 2.75) is 45.8 Å². The zero-order chi connectivity index (χ0) is 19.7. The van der Waals surface area contributed by atoms with Gasteiger partial charge in [-0.1, -0.05) is 49.4 Å². The number of amides is 2. The summed E-state index contributed by atoms with van der Waals surface area (Å²) in [5.41, 5.74) is 4.04. The van der Waals surface area contributed by atoms with E-state index in [-0.39, 0.29) is 18.2 Å². The largest absolute Gasteiger partial charge is 0.461 e. The zero-order valence-electron chi connectivity index (χ0n) is 16.2. The number of benzene rings is 2. The minimum Gasteiger partial charge on any atom is -0.461 e. The first-order chi connectivity index (χ1) is 13.6. The lowest BCUT2D eigenvalue weighted by Gasteiger charge is -2.21. The highest BCUT2D eigenvalue weighted by Gasteiger charge is 2.27. The second-order valence-electron chi connectivity index (χ2n) is 7.28. The SMILES string of the molecule is CCc1oc2ccccc2c1CC(=O)N[C@@H](C)C(=O)N1Cc2ccccc2C1. The molecule has 3 aromatic rings. The fourth-order valence-electron chi connectivity index (χ4n) is 3.91. The van der Waals surface area contributed by atoms with Crippen LogP contribution in [0.2, 0.25) is 0 Å². The van der Waals surface area contributed by atoms with Gasteiger partial charge in [-0.25, -0.2) is 0 Å². The Hall–Kier alpha value is -3.08. The number of furan rings is 1. The van der Waals surface area contributed by atoms with E-state index in [9.17, 15) is 9.59 Å². The van der Waals surface area contributed by atoms with Gasteiger partial charge < -0.3 is 14.6 Å². The molecule has 1 aliphatic heterocycles. The number of fused-ring (bicyclic) bond motifs is 2. The van der Waals surface area contributed by atoms with Crippen LogP contribution in [0.1, 0.15) is 36.3 Å². The number of nitrogens with one attached hydrogen (secondary N) is 1. The number of hydrogen-bond acceptors (Lipinski definition) is 3. The molecule has 0 spiro atoms. The van der Waals surface area contributed by atoms with Crippen LogP contribution in [0.25, 0.3) is 11.0 Å². The van der Waals surface area contributed by atoms with Gasteiger partial charge in [-0.05, 0) is 24.1 Å². The van der Waals surface area contributed by atoms with Crippen LogP contribution in [0.5, 0.6) is 0 Å². The maximum absolute atomic E-state index is 12.8. The van der Waals surface area contributed by atoms with E-state index in [1.165, 1.54) is 11.1 Å². The molecule has 1 N–H and O–H groups in total. The molecule has 5 heteroatoms. The molecule has 0 saturated carbocycles. The van der Waals surface area contributed by atoms with Crippen LogP contribution in [-0.4, -0.2) is 22.8 Å². The molecule has 0 fully saturated rings. The molecule has 0 unspecified atom stereocenters. The highest BCUT2D eigenvalue weighted by Crippen LogP contribution is 2.27. The average molecular weight is 376 g/mol. The second kappa shape index (κ2) is 7.50. The van der Waals surface area contributed by atoms with E-state index in [0.29, 0.717) is 13.1 Å². The van der Waals surface area contributed by atoms with Crippen molar-refractivity contribution in [3.63, 3.8) is 0 Å². The number of rotatable bonds is 5. The number of carbonyl (C=O) groups excluding carboxylic acids is 2. The Bertz CT molecular complexity index is 1010. The van der Waals surface area contributed by atoms with Gasteiger partial charge in [0.05, 0.1) is 6.42 Å². The Labute approximate surface area is 164 Å². The molecule has 2 amide bonds. The van der Waals surface area contributed by atoms with Gasteiger partial charge in [0.25, 0.3) is 0 Å². The van der Waals surface area contributed by atoms with Crippen LogP contribution >= 0.6 is 0 Å². The molecule has 1 aromatic heterocycles. The van der Waals surface area contributed by atoms with Gasteiger partial charge in [0.1, 0.15) is 17.4 Å². The van der Waals surface area contributed by atoms with E-state index in [0.717, 1.165) is 28.7 Å². The molecule has 1 atom stereocenters. The molecule has 0 saturated heterocycles. The van der Waals surface area contributed by atoms with E-state index >= 15 is 0 Å². The van der Waals surface area contributed by atoms with E-state index in [1.54, 1.807) is 11.8 Å². The lowest BCUT2D eigenvalue weighted by Crippen LogP contribution is -2.45. The van der Waals surface area contributed by atoms with Gasteiger partial charge in [0.15, 0.2) is 0 Å². The van der Waals surface area contributed by atoms with Crippen molar-refractivity contribution in [1.82, 2.24) is 10.2 Å². The van der Waals surface area contributed by atoms with E-state index in [1.807, 2.05) is 55.5 Å². The molecular formula is C23H24N2O3. The highest BCUT2D eigenvalue weighted by atomic mass is 16.3. The Balaban J connectivity index is 1.42. The zero-order valence-corrected chi connectivity index (χ0v) is 16.2. The average Bonchev–Trinajstić information content (AvgIpc) is 3.28. The standard InChI is InChI=1S/C23H24N2O3/c1-3-20-19(18-10-6-7-11-21(18)28-20)12-22(26)24-15(2)23(27)25-13-16-8-4-5-9-17(16)14-25/h4-11,15H,3,12-14H2,1-2H3,(H,24,26)/t15-/m0/s1. The topological polar surface area (TPSA) is 62.6 Å². The van der Waals surface area contributed by atoms with Crippen molar-refractivity contribution in [2.75, 3.05) is 0 Å².